The molecular weight excluding hydrogens is 356 g/mol. The SMILES string of the molecule is Cc1cc(CN[C@@H]2CS(=O)(=O)C[C@H]2C(=O)N2CCC(N(C)C)CC2)no1. The zero-order valence-electron chi connectivity index (χ0n) is 15.6. The number of nitrogens with zero attached hydrogens (tertiary/aromatic N) is 3. The molecule has 2 aliphatic rings. The van der Waals surface area contributed by atoms with Crippen molar-refractivity contribution in [2.24, 2.45) is 5.92 Å². The Kier molecular flexibility index (Phi) is 5.69. The summed E-state index contributed by atoms with van der Waals surface area (Å²) in [4.78, 5) is 17.0. The predicted octanol–water partition coefficient (Wildman–Crippen LogP) is 0.0384. The molecule has 146 valence electrons. The van der Waals surface area contributed by atoms with Gasteiger partial charge < -0.3 is 19.6 Å². The number of hydrogen-bond donors (Lipinski definition) is 1. The number of aryl methyl sites for hydroxylation is 1. The lowest BCUT2D eigenvalue weighted by Crippen LogP contribution is -2.50. The molecule has 0 aromatic carbocycles. The van der Waals surface area contributed by atoms with Crippen molar-refractivity contribution in [3.8, 4) is 0 Å². The van der Waals surface area contributed by atoms with Gasteiger partial charge in [-0.2, -0.15) is 0 Å². The van der Waals surface area contributed by atoms with Gasteiger partial charge in [-0.3, -0.25) is 4.79 Å². The maximum Gasteiger partial charge on any atom is 0.228 e. The predicted molar refractivity (Wildman–Crippen MR) is 97.3 cm³/mol. The van der Waals surface area contributed by atoms with E-state index in [1.807, 2.05) is 4.90 Å². The molecular formula is C17H28N4O4S. The van der Waals surface area contributed by atoms with Gasteiger partial charge in [-0.1, -0.05) is 5.16 Å². The third-order valence-electron chi connectivity index (χ3n) is 5.40. The molecule has 0 aliphatic carbocycles. The Hall–Kier alpha value is -1.45. The molecule has 0 saturated carbocycles. The van der Waals surface area contributed by atoms with Crippen LogP contribution in [0.25, 0.3) is 0 Å². The summed E-state index contributed by atoms with van der Waals surface area (Å²) in [5, 5.41) is 7.12. The lowest BCUT2D eigenvalue weighted by Gasteiger charge is -2.37. The first-order chi connectivity index (χ1) is 12.2. The summed E-state index contributed by atoms with van der Waals surface area (Å²) < 4.78 is 29.3. The largest absolute Gasteiger partial charge is 0.361 e. The van der Waals surface area contributed by atoms with Gasteiger partial charge in [-0.25, -0.2) is 8.42 Å². The molecule has 0 spiro atoms. The van der Waals surface area contributed by atoms with Gasteiger partial charge in [0.2, 0.25) is 5.91 Å². The third kappa shape index (κ3) is 4.44. The first kappa shape index (κ1) is 19.3. The standard InChI is InChI=1S/C17H28N4O4S/c1-12-8-13(19-25-12)9-18-16-11-26(23,24)10-15(16)17(22)21-6-4-14(5-7-21)20(2)3/h8,14-16,18H,4-7,9-11H2,1-3H3/t15-,16-/m1/s1. The Morgan fingerprint density at radius 2 is 2.04 bits per heavy atom. The molecule has 2 atom stereocenters. The number of aromatic nitrogens is 1. The normalized spacial score (nSPS) is 26.5. The van der Waals surface area contributed by atoms with Gasteiger partial charge in [0.25, 0.3) is 0 Å². The Bertz CT molecular complexity index is 738. The molecule has 0 bridgehead atoms. The number of carbonyl (C=O) groups is 1. The highest BCUT2D eigenvalue weighted by molar-refractivity contribution is 7.91. The maximum absolute atomic E-state index is 13.0. The fourth-order valence-electron chi connectivity index (χ4n) is 3.87. The van der Waals surface area contributed by atoms with Crippen molar-refractivity contribution < 1.29 is 17.7 Å². The van der Waals surface area contributed by atoms with Crippen LogP contribution in [0.2, 0.25) is 0 Å². The maximum atomic E-state index is 13.0. The Balaban J connectivity index is 1.63. The first-order valence-electron chi connectivity index (χ1n) is 9.06. The fraction of sp³-hybridized carbons (Fsp3) is 0.765. The van der Waals surface area contributed by atoms with Crippen LogP contribution in [0.15, 0.2) is 10.6 Å². The van der Waals surface area contributed by atoms with E-state index in [-0.39, 0.29) is 23.5 Å². The minimum Gasteiger partial charge on any atom is -0.361 e. The Morgan fingerprint density at radius 3 is 2.62 bits per heavy atom. The van der Waals surface area contributed by atoms with Crippen molar-refractivity contribution in [3.63, 3.8) is 0 Å². The second-order valence-corrected chi connectivity index (χ2v) is 9.77. The Labute approximate surface area is 154 Å². The van der Waals surface area contributed by atoms with E-state index in [9.17, 15) is 13.2 Å². The van der Waals surface area contributed by atoms with E-state index in [0.717, 1.165) is 12.8 Å². The van der Waals surface area contributed by atoms with Crippen LogP contribution in [-0.4, -0.2) is 80.1 Å². The molecule has 1 amide bonds. The number of sulfone groups is 1. The van der Waals surface area contributed by atoms with Crippen molar-refractivity contribution in [3.05, 3.63) is 17.5 Å². The van der Waals surface area contributed by atoms with E-state index in [1.165, 1.54) is 0 Å². The summed E-state index contributed by atoms with van der Waals surface area (Å²) in [6.45, 7) is 3.57. The smallest absolute Gasteiger partial charge is 0.228 e. The van der Waals surface area contributed by atoms with E-state index in [0.29, 0.717) is 37.1 Å². The van der Waals surface area contributed by atoms with Gasteiger partial charge >= 0.3 is 0 Å². The van der Waals surface area contributed by atoms with Crippen molar-refractivity contribution in [1.29, 1.82) is 0 Å². The summed E-state index contributed by atoms with van der Waals surface area (Å²) in [5.74, 6) is 0.0573. The number of piperidine rings is 1. The molecule has 0 unspecified atom stereocenters. The second-order valence-electron chi connectivity index (χ2n) is 7.62. The van der Waals surface area contributed by atoms with Crippen LogP contribution >= 0.6 is 0 Å². The van der Waals surface area contributed by atoms with Crippen LogP contribution in [0.5, 0.6) is 0 Å². The molecule has 3 heterocycles. The number of hydrogen-bond acceptors (Lipinski definition) is 7. The third-order valence-corrected chi connectivity index (χ3v) is 7.13. The van der Waals surface area contributed by atoms with Crippen LogP contribution < -0.4 is 5.32 Å². The van der Waals surface area contributed by atoms with Crippen molar-refractivity contribution in [1.82, 2.24) is 20.3 Å². The zero-order valence-corrected chi connectivity index (χ0v) is 16.5. The van der Waals surface area contributed by atoms with Crippen molar-refractivity contribution in [2.45, 2.75) is 38.4 Å². The molecule has 3 rings (SSSR count). The van der Waals surface area contributed by atoms with E-state index in [4.69, 9.17) is 4.52 Å². The quantitative estimate of drug-likeness (QED) is 0.766. The number of nitrogens with one attached hydrogen (secondary N) is 1. The monoisotopic (exact) mass is 384 g/mol. The highest BCUT2D eigenvalue weighted by Crippen LogP contribution is 2.24. The number of carbonyl (C=O) groups excluding carboxylic acids is 1. The average molecular weight is 385 g/mol. The van der Waals surface area contributed by atoms with Gasteiger partial charge in [0.1, 0.15) is 5.76 Å². The van der Waals surface area contributed by atoms with Crippen LogP contribution in [-0.2, 0) is 21.2 Å². The van der Waals surface area contributed by atoms with E-state index >= 15 is 0 Å². The zero-order chi connectivity index (χ0) is 18.9. The lowest BCUT2D eigenvalue weighted by atomic mass is 9.98. The van der Waals surface area contributed by atoms with Gasteiger partial charge in [-0.15, -0.1) is 0 Å². The van der Waals surface area contributed by atoms with E-state index in [2.05, 4.69) is 29.5 Å². The van der Waals surface area contributed by atoms with Crippen LogP contribution in [0.4, 0.5) is 0 Å². The van der Waals surface area contributed by atoms with E-state index < -0.39 is 15.8 Å². The highest BCUT2D eigenvalue weighted by atomic mass is 32.2. The average Bonchev–Trinajstić information content (AvgIpc) is 3.14. The lowest BCUT2D eigenvalue weighted by molar-refractivity contribution is -0.136. The van der Waals surface area contributed by atoms with Gasteiger partial charge in [-0.05, 0) is 33.9 Å². The van der Waals surface area contributed by atoms with Crippen LogP contribution in [0, 0.1) is 12.8 Å². The fourth-order valence-corrected chi connectivity index (χ4v) is 5.82. The number of likely N-dealkylation sites (tertiary alicyclic amines) is 1. The molecule has 8 nitrogen and oxygen atoms in total. The summed E-state index contributed by atoms with van der Waals surface area (Å²) in [6, 6.07) is 1.91. The molecule has 2 saturated heterocycles. The highest BCUT2D eigenvalue weighted by Gasteiger charge is 2.43. The van der Waals surface area contributed by atoms with Crippen LogP contribution in [0.3, 0.4) is 0 Å². The van der Waals surface area contributed by atoms with Crippen LogP contribution in [0.1, 0.15) is 24.3 Å². The van der Waals surface area contributed by atoms with Gasteiger partial charge in [0.15, 0.2) is 9.84 Å². The van der Waals surface area contributed by atoms with Crippen molar-refractivity contribution in [2.75, 3.05) is 38.7 Å². The summed E-state index contributed by atoms with van der Waals surface area (Å²) >= 11 is 0. The molecule has 9 heteroatoms. The Morgan fingerprint density at radius 1 is 1.35 bits per heavy atom. The van der Waals surface area contributed by atoms with Crippen molar-refractivity contribution >= 4 is 15.7 Å². The summed E-state index contributed by atoms with van der Waals surface area (Å²) in [6.07, 6.45) is 1.85. The number of rotatable bonds is 5. The summed E-state index contributed by atoms with van der Waals surface area (Å²) in [5.41, 5.74) is 0.713. The molecule has 0 radical (unpaired) electrons. The minimum atomic E-state index is -3.21. The van der Waals surface area contributed by atoms with Gasteiger partial charge in [0.05, 0.1) is 23.1 Å². The summed E-state index contributed by atoms with van der Waals surface area (Å²) in [7, 11) is 0.892. The molecule has 26 heavy (non-hydrogen) atoms. The van der Waals surface area contributed by atoms with E-state index in [1.54, 1.807) is 13.0 Å². The topological polar surface area (TPSA) is 95.8 Å². The molecule has 2 fully saturated rings. The molecule has 1 aromatic rings. The second kappa shape index (κ2) is 7.66. The first-order valence-corrected chi connectivity index (χ1v) is 10.9. The number of amides is 1. The molecule has 1 N–H and O–H groups in total. The molecule has 1 aromatic heterocycles. The minimum absolute atomic E-state index is 0.00555. The van der Waals surface area contributed by atoms with Gasteiger partial charge in [0, 0.05) is 37.8 Å². The molecule has 2 aliphatic heterocycles.